The van der Waals surface area contributed by atoms with Crippen LogP contribution in [-0.2, 0) is 17.4 Å². The average Bonchev–Trinajstić information content (AvgIpc) is 2.73. The van der Waals surface area contributed by atoms with Gasteiger partial charge in [0.15, 0.2) is 5.82 Å². The lowest BCUT2D eigenvalue weighted by molar-refractivity contribution is -0.271. The van der Waals surface area contributed by atoms with Crippen molar-refractivity contribution in [1.82, 2.24) is 14.5 Å². The van der Waals surface area contributed by atoms with Crippen LogP contribution >= 0.6 is 0 Å². The van der Waals surface area contributed by atoms with E-state index in [0.717, 1.165) is 10.8 Å². The van der Waals surface area contributed by atoms with Gasteiger partial charge in [0.05, 0.1) is 6.42 Å². The molecule has 0 saturated carbocycles. The molecule has 21 heavy (non-hydrogen) atoms. The van der Waals surface area contributed by atoms with E-state index in [-0.39, 0.29) is 5.92 Å². The van der Waals surface area contributed by atoms with E-state index >= 15 is 0 Å². The number of aryl methyl sites for hydroxylation is 1. The van der Waals surface area contributed by atoms with Crippen molar-refractivity contribution in [2.24, 2.45) is 13.0 Å². The van der Waals surface area contributed by atoms with Gasteiger partial charge in [-0.25, -0.2) is 4.98 Å². The minimum Gasteiger partial charge on any atom is -0.374 e. The second-order valence-electron chi connectivity index (χ2n) is 5.56. The van der Waals surface area contributed by atoms with Gasteiger partial charge in [0, 0.05) is 33.0 Å². The lowest BCUT2D eigenvalue weighted by Gasteiger charge is -2.31. The summed E-state index contributed by atoms with van der Waals surface area (Å²) >= 11 is 0. The van der Waals surface area contributed by atoms with Crippen LogP contribution in [0.3, 0.4) is 0 Å². The first-order valence-electron chi connectivity index (χ1n) is 6.50. The number of carbonyl (C=O) groups is 1. The normalized spacial score (nSPS) is 15.1. The highest BCUT2D eigenvalue weighted by molar-refractivity contribution is 5.77. The van der Waals surface area contributed by atoms with Crippen molar-refractivity contribution in [2.45, 2.75) is 32.0 Å². The van der Waals surface area contributed by atoms with E-state index in [4.69, 9.17) is 0 Å². The van der Waals surface area contributed by atoms with Crippen molar-refractivity contribution in [2.75, 3.05) is 13.6 Å². The lowest BCUT2D eigenvalue weighted by Crippen LogP contribution is -2.48. The molecule has 0 aliphatic rings. The number of imidazole rings is 1. The molecule has 0 saturated heterocycles. The van der Waals surface area contributed by atoms with Gasteiger partial charge in [0.1, 0.15) is 0 Å². The molecule has 0 spiro atoms. The van der Waals surface area contributed by atoms with E-state index < -0.39 is 29.9 Å². The molecule has 1 aromatic heterocycles. The van der Waals surface area contributed by atoms with Gasteiger partial charge >= 0.3 is 6.18 Å². The van der Waals surface area contributed by atoms with Crippen LogP contribution in [0, 0.1) is 5.92 Å². The van der Waals surface area contributed by atoms with E-state index in [1.165, 1.54) is 25.2 Å². The van der Waals surface area contributed by atoms with Crippen molar-refractivity contribution in [1.29, 1.82) is 0 Å². The summed E-state index contributed by atoms with van der Waals surface area (Å²) in [5.41, 5.74) is -3.30. The third kappa shape index (κ3) is 3.75. The maximum absolute atomic E-state index is 13.3. The number of hydrogen-bond donors (Lipinski definition) is 1. The highest BCUT2D eigenvalue weighted by Gasteiger charge is 2.58. The Morgan fingerprint density at radius 2 is 2.05 bits per heavy atom. The zero-order valence-electron chi connectivity index (χ0n) is 12.5. The molecule has 1 heterocycles. The van der Waals surface area contributed by atoms with Crippen LogP contribution in [0.4, 0.5) is 13.2 Å². The zero-order valence-corrected chi connectivity index (χ0v) is 12.5. The second-order valence-corrected chi connectivity index (χ2v) is 5.56. The van der Waals surface area contributed by atoms with Gasteiger partial charge in [-0.3, -0.25) is 4.79 Å². The Balaban J connectivity index is 3.07. The van der Waals surface area contributed by atoms with Crippen LogP contribution in [0.5, 0.6) is 0 Å². The molecule has 0 radical (unpaired) electrons. The molecule has 5 nitrogen and oxygen atoms in total. The molecule has 0 fully saturated rings. The Bertz CT molecular complexity index is 499. The summed E-state index contributed by atoms with van der Waals surface area (Å²) in [6.45, 7) is 4.00. The fourth-order valence-corrected chi connectivity index (χ4v) is 2.07. The summed E-state index contributed by atoms with van der Waals surface area (Å²) in [6, 6.07) is 0. The summed E-state index contributed by atoms with van der Waals surface area (Å²) in [5, 5.41) is 10.1. The first-order valence-corrected chi connectivity index (χ1v) is 6.50. The van der Waals surface area contributed by atoms with Crippen LogP contribution < -0.4 is 0 Å². The molecule has 0 aliphatic carbocycles. The Labute approximate surface area is 121 Å². The summed E-state index contributed by atoms with van der Waals surface area (Å²) in [6.07, 6.45) is -3.66. The molecule has 8 heteroatoms. The van der Waals surface area contributed by atoms with E-state index in [0.29, 0.717) is 6.54 Å². The fourth-order valence-electron chi connectivity index (χ4n) is 2.07. The van der Waals surface area contributed by atoms with Gasteiger partial charge in [-0.15, -0.1) is 0 Å². The van der Waals surface area contributed by atoms with Gasteiger partial charge in [0.2, 0.25) is 11.5 Å². The zero-order chi connectivity index (χ0) is 16.4. The molecule has 1 unspecified atom stereocenters. The van der Waals surface area contributed by atoms with Crippen molar-refractivity contribution >= 4 is 5.91 Å². The minimum atomic E-state index is -5.00. The topological polar surface area (TPSA) is 58.4 Å². The van der Waals surface area contributed by atoms with Crippen LogP contribution in [0.25, 0.3) is 0 Å². The smallest absolute Gasteiger partial charge is 0.374 e. The molecule has 1 N–H and O–H groups in total. The first-order chi connectivity index (χ1) is 9.49. The number of rotatable bonds is 5. The quantitative estimate of drug-likeness (QED) is 0.900. The number of aromatic nitrogens is 2. The molecule has 1 amide bonds. The fraction of sp³-hybridized carbons (Fsp3) is 0.692. The van der Waals surface area contributed by atoms with Gasteiger partial charge in [-0.1, -0.05) is 13.8 Å². The highest BCUT2D eigenvalue weighted by atomic mass is 19.4. The maximum atomic E-state index is 13.3. The SMILES string of the molecule is CC(C)CN(C)C(=O)CC(O)(c1nccn1C)C(F)(F)F. The van der Waals surface area contributed by atoms with E-state index in [9.17, 15) is 23.1 Å². The summed E-state index contributed by atoms with van der Waals surface area (Å²) in [4.78, 5) is 16.7. The number of alkyl halides is 3. The first kappa shape index (κ1) is 17.5. The summed E-state index contributed by atoms with van der Waals surface area (Å²) in [7, 11) is 2.75. The van der Waals surface area contributed by atoms with Crippen LogP contribution in [0.1, 0.15) is 26.1 Å². The van der Waals surface area contributed by atoms with Crippen LogP contribution in [-0.4, -0.2) is 45.2 Å². The van der Waals surface area contributed by atoms with Gasteiger partial charge < -0.3 is 14.6 Å². The molecule has 0 aliphatic heterocycles. The number of halogens is 3. The van der Waals surface area contributed by atoms with Crippen molar-refractivity contribution in [3.63, 3.8) is 0 Å². The highest BCUT2D eigenvalue weighted by Crippen LogP contribution is 2.41. The Morgan fingerprint density at radius 1 is 1.48 bits per heavy atom. The largest absolute Gasteiger partial charge is 0.425 e. The monoisotopic (exact) mass is 307 g/mol. The van der Waals surface area contributed by atoms with E-state index in [1.807, 2.05) is 13.8 Å². The third-order valence-electron chi connectivity index (χ3n) is 3.13. The average molecular weight is 307 g/mol. The predicted molar refractivity (Wildman–Crippen MR) is 70.3 cm³/mol. The van der Waals surface area contributed by atoms with Crippen molar-refractivity contribution in [3.05, 3.63) is 18.2 Å². The Hall–Kier alpha value is -1.57. The lowest BCUT2D eigenvalue weighted by atomic mass is 9.96. The molecule has 1 atom stereocenters. The molecular formula is C13H20F3N3O2. The maximum Gasteiger partial charge on any atom is 0.425 e. The molecule has 1 aromatic rings. The summed E-state index contributed by atoms with van der Waals surface area (Å²) < 4.78 is 40.8. The van der Waals surface area contributed by atoms with Crippen molar-refractivity contribution in [3.8, 4) is 0 Å². The number of carbonyl (C=O) groups excluding carboxylic acids is 1. The Kier molecular flexibility index (Phi) is 5.03. The van der Waals surface area contributed by atoms with Crippen LogP contribution in [0.15, 0.2) is 12.4 Å². The molecule has 0 aromatic carbocycles. The second kappa shape index (κ2) is 6.05. The number of amides is 1. The van der Waals surface area contributed by atoms with Crippen molar-refractivity contribution < 1.29 is 23.1 Å². The predicted octanol–water partition coefficient (Wildman–Crippen LogP) is 1.67. The standard InChI is InChI=1S/C13H20F3N3O2/c1-9(2)8-19(4)10(20)7-12(21,13(14,15)16)11-17-5-6-18(11)3/h5-6,9,21H,7-8H2,1-4H3. The number of hydrogen-bond acceptors (Lipinski definition) is 3. The summed E-state index contributed by atoms with van der Waals surface area (Å²) in [5.74, 6) is -1.26. The van der Waals surface area contributed by atoms with Gasteiger partial charge in [0.25, 0.3) is 0 Å². The molecule has 1 rings (SSSR count). The van der Waals surface area contributed by atoms with Crippen LogP contribution in [0.2, 0.25) is 0 Å². The molecular weight excluding hydrogens is 287 g/mol. The minimum absolute atomic E-state index is 0.117. The molecule has 0 bridgehead atoms. The van der Waals surface area contributed by atoms with Gasteiger partial charge in [-0.2, -0.15) is 13.2 Å². The molecule has 120 valence electrons. The third-order valence-corrected chi connectivity index (χ3v) is 3.13. The van der Waals surface area contributed by atoms with E-state index in [2.05, 4.69) is 4.98 Å². The van der Waals surface area contributed by atoms with Gasteiger partial charge in [-0.05, 0) is 5.92 Å². The number of nitrogens with zero attached hydrogens (tertiary/aromatic N) is 3. The Morgan fingerprint density at radius 3 is 2.43 bits per heavy atom. The number of aliphatic hydroxyl groups is 1. The van der Waals surface area contributed by atoms with E-state index in [1.54, 1.807) is 0 Å².